The monoisotopic (exact) mass is 801 g/mol. The second kappa shape index (κ2) is 15.2. The van der Waals surface area contributed by atoms with Crippen LogP contribution in [-0.2, 0) is 19.3 Å². The van der Waals surface area contributed by atoms with Gasteiger partial charge in [0, 0.05) is 107 Å². The van der Waals surface area contributed by atoms with Crippen LogP contribution in [0.4, 0.5) is 28.4 Å². The number of hydrogen-bond donors (Lipinski definition) is 5. The Kier molecular flexibility index (Phi) is 9.49. The van der Waals surface area contributed by atoms with Crippen molar-refractivity contribution in [2.75, 3.05) is 71.6 Å². The number of amides is 3. The van der Waals surface area contributed by atoms with Gasteiger partial charge < -0.3 is 45.6 Å². The van der Waals surface area contributed by atoms with Crippen LogP contribution in [-0.4, -0.2) is 79.0 Å². The third kappa shape index (κ3) is 6.50. The molecule has 3 amide bonds. The number of aromatic nitrogens is 3. The summed E-state index contributed by atoms with van der Waals surface area (Å²) in [7, 11) is 2.11. The van der Waals surface area contributed by atoms with Gasteiger partial charge in [0.15, 0.2) is 0 Å². The van der Waals surface area contributed by atoms with Crippen LogP contribution in [0.2, 0.25) is 0 Å². The number of hydrogen-bond acceptors (Lipinski definition) is 6. The summed E-state index contributed by atoms with van der Waals surface area (Å²) in [4.78, 5) is 59.9. The summed E-state index contributed by atoms with van der Waals surface area (Å²) in [6.07, 6.45) is 6.65. The van der Waals surface area contributed by atoms with E-state index in [1.54, 1.807) is 0 Å². The number of rotatable bonds is 12. The molecule has 0 atom stereocenters. The molecule has 10 rings (SSSR count). The molecule has 0 saturated carbocycles. The molecule has 0 saturated heterocycles. The van der Waals surface area contributed by atoms with E-state index in [1.807, 2.05) is 64.4 Å². The first-order valence-electron chi connectivity index (χ1n) is 21.4. The molecule has 0 fully saturated rings. The third-order valence-corrected chi connectivity index (χ3v) is 12.9. The first kappa shape index (κ1) is 37.6. The topological polar surface area (TPSA) is 150 Å². The van der Waals surface area contributed by atoms with Crippen molar-refractivity contribution in [3.63, 3.8) is 0 Å². The van der Waals surface area contributed by atoms with E-state index in [1.165, 1.54) is 17.7 Å². The number of nitrogen functional groups attached to an aromatic ring is 1. The lowest BCUT2D eigenvalue weighted by molar-refractivity contribution is 0.0946. The molecule has 0 bridgehead atoms. The van der Waals surface area contributed by atoms with Gasteiger partial charge in [-0.3, -0.25) is 14.4 Å². The molecular weight excluding hydrogens is 751 g/mol. The Bertz CT molecular complexity index is 2810. The van der Waals surface area contributed by atoms with Crippen molar-refractivity contribution in [1.82, 2.24) is 20.3 Å². The van der Waals surface area contributed by atoms with Gasteiger partial charge in [0.1, 0.15) is 17.1 Å². The van der Waals surface area contributed by atoms with Gasteiger partial charge in [0.25, 0.3) is 17.7 Å². The van der Waals surface area contributed by atoms with Crippen LogP contribution in [0, 0.1) is 0 Å². The molecule has 0 aliphatic carbocycles. The van der Waals surface area contributed by atoms with E-state index in [0.29, 0.717) is 49.6 Å². The molecule has 6 heterocycles. The number of carbonyl (C=O) groups is 3. The smallest absolute Gasteiger partial charge is 0.274 e. The molecule has 3 aliphatic heterocycles. The molecule has 0 radical (unpaired) electrons. The highest BCUT2D eigenvalue weighted by Gasteiger charge is 2.32. The number of likely N-dealkylation sites (N-methyl/N-ethyl adjacent to an activating group) is 1. The van der Waals surface area contributed by atoms with Crippen LogP contribution in [0.1, 0.15) is 80.8 Å². The lowest BCUT2D eigenvalue weighted by atomic mass is 10.1. The van der Waals surface area contributed by atoms with Gasteiger partial charge in [-0.25, -0.2) is 0 Å². The van der Waals surface area contributed by atoms with Gasteiger partial charge >= 0.3 is 0 Å². The molecule has 12 heteroatoms. The maximum absolute atomic E-state index is 14.2. The minimum Gasteiger partial charge on any atom is -0.399 e. The van der Waals surface area contributed by atoms with E-state index >= 15 is 0 Å². The van der Waals surface area contributed by atoms with Crippen LogP contribution >= 0.6 is 0 Å². The first-order valence-corrected chi connectivity index (χ1v) is 21.4. The van der Waals surface area contributed by atoms with E-state index in [2.05, 4.69) is 68.3 Å². The summed E-state index contributed by atoms with van der Waals surface area (Å²) in [5.74, 6) is -0.285. The molecule has 12 nitrogen and oxygen atoms in total. The number of nitrogens with two attached hydrogens (primary N) is 1. The molecule has 0 spiro atoms. The zero-order valence-electron chi connectivity index (χ0n) is 34.3. The summed E-state index contributed by atoms with van der Waals surface area (Å²) in [6.45, 7) is 6.67. The maximum Gasteiger partial charge on any atom is 0.274 e. The van der Waals surface area contributed by atoms with E-state index in [4.69, 9.17) is 5.73 Å². The van der Waals surface area contributed by atoms with Crippen LogP contribution in [0.15, 0.2) is 78.9 Å². The summed E-state index contributed by atoms with van der Waals surface area (Å²) in [5.41, 5.74) is 18.6. The van der Waals surface area contributed by atoms with Crippen LogP contribution in [0.25, 0.3) is 32.7 Å². The molecule has 3 aliphatic rings. The lowest BCUT2D eigenvalue weighted by Crippen LogP contribution is -2.30. The summed E-state index contributed by atoms with van der Waals surface area (Å²) < 4.78 is 0. The van der Waals surface area contributed by atoms with Crippen LogP contribution in [0.5, 0.6) is 0 Å². The van der Waals surface area contributed by atoms with Gasteiger partial charge in [0.05, 0.1) is 0 Å². The molecule has 60 heavy (non-hydrogen) atoms. The number of H-pyrrole nitrogens is 3. The van der Waals surface area contributed by atoms with Crippen LogP contribution in [0.3, 0.4) is 0 Å². The zero-order chi connectivity index (χ0) is 41.1. The predicted molar refractivity (Wildman–Crippen MR) is 242 cm³/mol. The molecule has 306 valence electrons. The van der Waals surface area contributed by atoms with Crippen molar-refractivity contribution in [3.05, 3.63) is 113 Å². The third-order valence-electron chi connectivity index (χ3n) is 12.9. The standard InChI is InChI=1S/C48H51N9O3/c1-3-4-5-21-55(30-9-7-29(49)8-10-30)22-6-20-50-46(58)40-26-34-32-18-24-56(44(32)15-12-37(34)51-40)48(60)42-28-36-33-19-25-57(45(33)16-13-39(36)53-42)47(59)41-27-35-31-17-23-54(2)43(31)14-11-38(35)52-41/h7-16,26-28,51-53H,3-6,17-25,49H2,1-2H3,(H,50,58). The van der Waals surface area contributed by atoms with Gasteiger partial charge in [-0.15, -0.1) is 0 Å². The number of anilines is 5. The van der Waals surface area contributed by atoms with Crippen molar-refractivity contribution in [3.8, 4) is 0 Å². The average Bonchev–Trinajstić information content (AvgIpc) is 4.11. The van der Waals surface area contributed by atoms with E-state index in [0.717, 1.165) is 112 Å². The summed E-state index contributed by atoms with van der Waals surface area (Å²) in [5, 5.41) is 6.16. The van der Waals surface area contributed by atoms with Crippen molar-refractivity contribution in [1.29, 1.82) is 0 Å². The molecule has 3 aromatic heterocycles. The number of unbranched alkanes of at least 4 members (excludes halogenated alkanes) is 2. The number of fused-ring (bicyclic) bond motifs is 9. The number of nitrogens with one attached hydrogen (secondary N) is 4. The summed E-state index contributed by atoms with van der Waals surface area (Å²) >= 11 is 0. The highest BCUT2D eigenvalue weighted by atomic mass is 16.2. The van der Waals surface area contributed by atoms with Gasteiger partial charge in [-0.1, -0.05) is 19.8 Å². The Balaban J connectivity index is 0.817. The quantitative estimate of drug-likeness (QED) is 0.0626. The highest BCUT2D eigenvalue weighted by Crippen LogP contribution is 2.39. The minimum atomic E-state index is -0.140. The Labute approximate surface area is 348 Å². The van der Waals surface area contributed by atoms with Gasteiger partial charge in [-0.2, -0.15) is 0 Å². The molecule has 6 N–H and O–H groups in total. The first-order chi connectivity index (χ1) is 29.2. The number of benzene rings is 4. The fourth-order valence-corrected chi connectivity index (χ4v) is 9.74. The van der Waals surface area contributed by atoms with Crippen molar-refractivity contribution < 1.29 is 14.4 Å². The van der Waals surface area contributed by atoms with Crippen LogP contribution < -0.4 is 30.7 Å². The second-order valence-corrected chi connectivity index (χ2v) is 16.6. The van der Waals surface area contributed by atoms with E-state index in [9.17, 15) is 14.4 Å². The van der Waals surface area contributed by atoms with Crippen molar-refractivity contribution in [2.24, 2.45) is 0 Å². The normalized spacial score (nSPS) is 14.4. The lowest BCUT2D eigenvalue weighted by Gasteiger charge is -2.25. The second-order valence-electron chi connectivity index (χ2n) is 16.6. The predicted octanol–water partition coefficient (Wildman–Crippen LogP) is 7.93. The minimum absolute atomic E-state index is 0.0449. The Morgan fingerprint density at radius 2 is 1.13 bits per heavy atom. The van der Waals surface area contributed by atoms with Gasteiger partial charge in [-0.05, 0) is 128 Å². The SMILES string of the molecule is CCCCCN(CCCNC(=O)c1cc2c3c(ccc2[nH]1)N(C(=O)c1cc2c4c(ccc2[nH]1)N(C(=O)c1cc2c5c(ccc2[nH]1)N(C)CC5)CC4)CC3)c1ccc(N)cc1. The number of nitrogens with zero attached hydrogens (tertiary/aromatic N) is 4. The molecule has 0 unspecified atom stereocenters. The zero-order valence-corrected chi connectivity index (χ0v) is 34.3. The maximum atomic E-state index is 14.2. The Morgan fingerprint density at radius 3 is 1.72 bits per heavy atom. The highest BCUT2D eigenvalue weighted by molar-refractivity contribution is 6.13. The summed E-state index contributed by atoms with van der Waals surface area (Å²) in [6, 6.07) is 26.0. The largest absolute Gasteiger partial charge is 0.399 e. The van der Waals surface area contributed by atoms with Crippen molar-refractivity contribution in [2.45, 2.75) is 51.9 Å². The number of aromatic amines is 3. The Hall–Kier alpha value is -6.69. The van der Waals surface area contributed by atoms with Crippen molar-refractivity contribution >= 4 is 78.9 Å². The fraction of sp³-hybridized carbons (Fsp3) is 0.312. The van der Waals surface area contributed by atoms with Gasteiger partial charge in [0.2, 0.25) is 0 Å². The Morgan fingerprint density at radius 1 is 0.633 bits per heavy atom. The van der Waals surface area contributed by atoms with E-state index in [-0.39, 0.29) is 17.7 Å². The molecular formula is C48H51N9O3. The van der Waals surface area contributed by atoms with E-state index < -0.39 is 0 Å². The molecule has 4 aromatic carbocycles. The number of carbonyl (C=O) groups excluding carboxylic acids is 3. The molecule has 7 aromatic rings. The average molecular weight is 802 g/mol. The fourth-order valence-electron chi connectivity index (χ4n) is 9.74.